The summed E-state index contributed by atoms with van der Waals surface area (Å²) in [4.78, 5) is 0. The quantitative estimate of drug-likeness (QED) is 0.719. The largest absolute Gasteiger partial charge is 0.496 e. The molecule has 2 rings (SSSR count). The molecule has 0 atom stereocenters. The highest BCUT2D eigenvalue weighted by atomic mass is 16.5. The molecule has 0 N–H and O–H groups in total. The molecule has 0 aliphatic carbocycles. The monoisotopic (exact) mass is 267 g/mol. The van der Waals surface area contributed by atoms with Crippen LogP contribution in [0.5, 0.6) is 5.75 Å². The maximum Gasteiger partial charge on any atom is 0.126 e. The zero-order valence-corrected chi connectivity index (χ0v) is 13.0. The van der Waals surface area contributed by atoms with Gasteiger partial charge in [-0.3, -0.25) is 0 Å². The summed E-state index contributed by atoms with van der Waals surface area (Å²) in [6, 6.07) is 16.2. The van der Waals surface area contributed by atoms with Crippen molar-refractivity contribution in [2.45, 2.75) is 39.5 Å². The van der Waals surface area contributed by atoms with Gasteiger partial charge in [-0.15, -0.1) is 0 Å². The Morgan fingerprint density at radius 2 is 1.45 bits per heavy atom. The summed E-state index contributed by atoms with van der Waals surface area (Å²) < 4.78 is 5.49. The maximum absolute atomic E-state index is 5.49. The van der Waals surface area contributed by atoms with Gasteiger partial charge < -0.3 is 4.74 Å². The first-order valence-electron chi connectivity index (χ1n) is 7.23. The number of methoxy groups -OCH3 is 1. The lowest BCUT2D eigenvalue weighted by Crippen LogP contribution is -1.96. The predicted octanol–water partition coefficient (Wildman–Crippen LogP) is 5.41. The predicted molar refractivity (Wildman–Crippen MR) is 85.4 cm³/mol. The van der Waals surface area contributed by atoms with E-state index in [0.717, 1.165) is 11.3 Å². The van der Waals surface area contributed by atoms with Crippen LogP contribution in [0.1, 0.15) is 50.7 Å². The molecule has 1 heteroatoms. The summed E-state index contributed by atoms with van der Waals surface area (Å²) in [6.07, 6.45) is 0. The van der Waals surface area contributed by atoms with Gasteiger partial charge in [0.25, 0.3) is 0 Å². The molecule has 0 amide bonds. The van der Waals surface area contributed by atoms with Crippen LogP contribution in [0, 0.1) is 6.07 Å². The fraction of sp³-hybridized carbons (Fsp3) is 0.368. The number of hydrogen-bond acceptors (Lipinski definition) is 1. The molecule has 0 aliphatic heterocycles. The van der Waals surface area contributed by atoms with E-state index in [1.165, 1.54) is 16.7 Å². The molecule has 0 spiro atoms. The second-order valence-corrected chi connectivity index (χ2v) is 5.79. The highest BCUT2D eigenvalue weighted by Crippen LogP contribution is 2.33. The fourth-order valence-electron chi connectivity index (χ4n) is 2.28. The second kappa shape index (κ2) is 6.13. The SMILES string of the molecule is COc1ccccc1-c1cc(C(C)C)[c]c(C(C)C)c1. The van der Waals surface area contributed by atoms with Crippen molar-refractivity contribution in [3.8, 4) is 16.9 Å². The van der Waals surface area contributed by atoms with Gasteiger partial charge in [0.1, 0.15) is 5.75 Å². The van der Waals surface area contributed by atoms with Crippen molar-refractivity contribution >= 4 is 0 Å². The topological polar surface area (TPSA) is 9.23 Å². The summed E-state index contributed by atoms with van der Waals surface area (Å²) >= 11 is 0. The lowest BCUT2D eigenvalue weighted by atomic mass is 9.90. The summed E-state index contributed by atoms with van der Waals surface area (Å²) in [7, 11) is 1.72. The molecular weight excluding hydrogens is 244 g/mol. The molecule has 2 aromatic carbocycles. The van der Waals surface area contributed by atoms with Crippen LogP contribution in [0.15, 0.2) is 36.4 Å². The summed E-state index contributed by atoms with van der Waals surface area (Å²) in [6.45, 7) is 8.84. The van der Waals surface area contributed by atoms with E-state index in [1.54, 1.807) is 7.11 Å². The fourth-order valence-corrected chi connectivity index (χ4v) is 2.28. The molecule has 1 radical (unpaired) electrons. The Hall–Kier alpha value is -1.76. The third-order valence-corrected chi connectivity index (χ3v) is 3.57. The normalized spacial score (nSPS) is 11.2. The van der Waals surface area contributed by atoms with E-state index in [9.17, 15) is 0 Å². The molecule has 0 aromatic heterocycles. The Morgan fingerprint density at radius 3 is 1.95 bits per heavy atom. The zero-order chi connectivity index (χ0) is 14.7. The molecule has 2 aromatic rings. The van der Waals surface area contributed by atoms with Crippen LogP contribution < -0.4 is 4.74 Å². The molecule has 0 fully saturated rings. The highest BCUT2D eigenvalue weighted by Gasteiger charge is 2.11. The average Bonchev–Trinajstić information content (AvgIpc) is 2.46. The minimum atomic E-state index is 0.474. The van der Waals surface area contributed by atoms with Crippen LogP contribution in [0.4, 0.5) is 0 Å². The Balaban J connectivity index is 2.61. The molecule has 1 nitrogen and oxygen atoms in total. The molecule has 0 unspecified atom stereocenters. The molecule has 105 valence electrons. The molecule has 20 heavy (non-hydrogen) atoms. The van der Waals surface area contributed by atoms with Gasteiger partial charge in [0.05, 0.1) is 7.11 Å². The van der Waals surface area contributed by atoms with E-state index in [4.69, 9.17) is 4.74 Å². The van der Waals surface area contributed by atoms with Crippen LogP contribution in [-0.2, 0) is 0 Å². The smallest absolute Gasteiger partial charge is 0.126 e. The third kappa shape index (κ3) is 3.04. The van der Waals surface area contributed by atoms with Gasteiger partial charge in [0, 0.05) is 5.56 Å². The second-order valence-electron chi connectivity index (χ2n) is 5.79. The lowest BCUT2D eigenvalue weighted by molar-refractivity contribution is 0.416. The van der Waals surface area contributed by atoms with Crippen molar-refractivity contribution in [2.24, 2.45) is 0 Å². The van der Waals surface area contributed by atoms with Crippen molar-refractivity contribution in [3.05, 3.63) is 53.6 Å². The van der Waals surface area contributed by atoms with Crippen LogP contribution in [-0.4, -0.2) is 7.11 Å². The van der Waals surface area contributed by atoms with Crippen LogP contribution in [0.25, 0.3) is 11.1 Å². The van der Waals surface area contributed by atoms with E-state index in [0.29, 0.717) is 11.8 Å². The standard InChI is InChI=1S/C19H23O/c1-13(2)15-10-16(14(3)4)12-17(11-15)18-8-6-7-9-19(18)20-5/h6-9,11-14H,1-5H3. The Morgan fingerprint density at radius 1 is 0.900 bits per heavy atom. The van der Waals surface area contributed by atoms with Crippen molar-refractivity contribution < 1.29 is 4.74 Å². The average molecular weight is 267 g/mol. The van der Waals surface area contributed by atoms with Crippen molar-refractivity contribution in [1.82, 2.24) is 0 Å². The van der Waals surface area contributed by atoms with Gasteiger partial charge in [-0.05, 0) is 40.7 Å². The van der Waals surface area contributed by atoms with Gasteiger partial charge >= 0.3 is 0 Å². The molecule has 0 saturated heterocycles. The molecule has 0 saturated carbocycles. The van der Waals surface area contributed by atoms with Gasteiger partial charge in [-0.2, -0.15) is 0 Å². The summed E-state index contributed by atoms with van der Waals surface area (Å²) in [5.41, 5.74) is 4.88. The summed E-state index contributed by atoms with van der Waals surface area (Å²) in [5, 5.41) is 0. The van der Waals surface area contributed by atoms with Crippen LogP contribution in [0.3, 0.4) is 0 Å². The Kier molecular flexibility index (Phi) is 4.49. The van der Waals surface area contributed by atoms with E-state index < -0.39 is 0 Å². The van der Waals surface area contributed by atoms with Crippen molar-refractivity contribution in [1.29, 1.82) is 0 Å². The van der Waals surface area contributed by atoms with Gasteiger partial charge in [-0.25, -0.2) is 0 Å². The molecule has 0 aliphatic rings. The number of para-hydroxylation sites is 1. The highest BCUT2D eigenvalue weighted by molar-refractivity contribution is 5.71. The summed E-state index contributed by atoms with van der Waals surface area (Å²) in [5.74, 6) is 1.87. The number of ether oxygens (including phenoxy) is 1. The van der Waals surface area contributed by atoms with Gasteiger partial charge in [0.15, 0.2) is 0 Å². The first kappa shape index (κ1) is 14.6. The first-order valence-corrected chi connectivity index (χ1v) is 7.23. The Bertz CT molecular complexity index is 556. The zero-order valence-electron chi connectivity index (χ0n) is 13.0. The van der Waals surface area contributed by atoms with E-state index >= 15 is 0 Å². The van der Waals surface area contributed by atoms with Crippen LogP contribution >= 0.6 is 0 Å². The molecule has 0 heterocycles. The first-order chi connectivity index (χ1) is 9.52. The maximum atomic E-state index is 5.49. The minimum Gasteiger partial charge on any atom is -0.496 e. The molecular formula is C19H23O. The number of benzene rings is 2. The lowest BCUT2D eigenvalue weighted by Gasteiger charge is -2.15. The third-order valence-electron chi connectivity index (χ3n) is 3.57. The van der Waals surface area contributed by atoms with E-state index in [2.05, 4.69) is 58.0 Å². The minimum absolute atomic E-state index is 0.474. The van der Waals surface area contributed by atoms with Crippen molar-refractivity contribution in [3.63, 3.8) is 0 Å². The number of hydrogen-bond donors (Lipinski definition) is 0. The van der Waals surface area contributed by atoms with Crippen LogP contribution in [0.2, 0.25) is 0 Å². The van der Waals surface area contributed by atoms with E-state index in [1.807, 2.05) is 12.1 Å². The van der Waals surface area contributed by atoms with E-state index in [-0.39, 0.29) is 0 Å². The van der Waals surface area contributed by atoms with Crippen molar-refractivity contribution in [2.75, 3.05) is 7.11 Å². The Labute approximate surface area is 122 Å². The number of rotatable bonds is 4. The van der Waals surface area contributed by atoms with Gasteiger partial charge in [0.2, 0.25) is 0 Å². The van der Waals surface area contributed by atoms with Gasteiger partial charge in [-0.1, -0.05) is 58.0 Å². The molecule has 0 bridgehead atoms.